The number of likely N-dealkylation sites (tertiary alicyclic amines) is 1. The van der Waals surface area contributed by atoms with Gasteiger partial charge in [0, 0.05) is 93.2 Å². The lowest BCUT2D eigenvalue weighted by Gasteiger charge is -2.41. The molecule has 1 aliphatic heterocycles. The summed E-state index contributed by atoms with van der Waals surface area (Å²) >= 11 is 0. The van der Waals surface area contributed by atoms with Gasteiger partial charge in [-0.05, 0) is 69.0 Å². The Morgan fingerprint density at radius 2 is 1.02 bits per heavy atom. The summed E-state index contributed by atoms with van der Waals surface area (Å²) in [5, 5.41) is 28.1. The molecule has 42 nitrogen and oxygen atoms in total. The molecule has 1 aromatic rings. The Morgan fingerprint density at radius 1 is 0.492 bits per heavy atom. The van der Waals surface area contributed by atoms with Crippen molar-refractivity contribution in [2.45, 2.75) is 189 Å². The fourth-order valence-electron chi connectivity index (χ4n) is 13.8. The minimum Gasteiger partial charge on any atom is -0.464 e. The Bertz CT molecular complexity index is 3560. The number of carbonyl (C=O) groups excluding carboxylic acids is 15. The molecule has 0 spiro atoms. The third-order valence-corrected chi connectivity index (χ3v) is 21.1. The zero-order chi connectivity index (χ0) is 98.4. The van der Waals surface area contributed by atoms with Gasteiger partial charge in [0.2, 0.25) is 70.9 Å². The number of nitrogens with zero attached hydrogens (tertiary/aromatic N) is 3. The molecular weight excluding hydrogens is 1730 g/mol. The van der Waals surface area contributed by atoms with Crippen molar-refractivity contribution >= 4 is 88.7 Å². The van der Waals surface area contributed by atoms with Gasteiger partial charge < -0.3 is 130 Å². The van der Waals surface area contributed by atoms with Gasteiger partial charge in [-0.1, -0.05) is 106 Å². The topological polar surface area (TPSA) is 518 Å². The van der Waals surface area contributed by atoms with Crippen LogP contribution in [0, 0.1) is 35.0 Å². The molecule has 1 heterocycles. The molecule has 13 amide bonds. The molecule has 0 unspecified atom stereocenters. The maximum absolute atomic E-state index is 14.6. The van der Waals surface area contributed by atoms with Crippen LogP contribution in [0.2, 0.25) is 0 Å². The van der Waals surface area contributed by atoms with Gasteiger partial charge >= 0.3 is 12.1 Å². The predicted molar refractivity (Wildman–Crippen MR) is 486 cm³/mol. The lowest BCUT2D eigenvalue weighted by molar-refractivity contribution is -0.148. The van der Waals surface area contributed by atoms with Gasteiger partial charge in [0.05, 0.1) is 194 Å². The smallest absolute Gasteiger partial charge is 0.407 e. The quantitative estimate of drug-likeness (QED) is 0.0300. The van der Waals surface area contributed by atoms with Crippen molar-refractivity contribution in [3.05, 3.63) is 35.9 Å². The lowest BCUT2D eigenvalue weighted by atomic mass is 9.89. The van der Waals surface area contributed by atoms with Gasteiger partial charge in [-0.2, -0.15) is 0 Å². The van der Waals surface area contributed by atoms with E-state index in [2.05, 4.69) is 58.5 Å². The SMILES string of the molecule is CC[C@H](C)[C@@H]([C@@H](CC(=O)N1CCC[C@H]1[C@H](OC)[C@@H](C)C(=O)N[C@@H](Cc1ccccc1)C(=O)NCCCOC(=O)[C@H](C)NC(=O)CCNC(=O)OC[C@H](CC(=O)CNC(=O)CNC(=O)CNC(=O)CNC(=O)CCNC(=O)CCOCC(C)(C)C)C(=O)NCCOCCOCCOCCOCCOCCOCCOCCOC)OC)N(C)C(=O)[C@@H](NC(=O)[C@H](C(C)C)N(C)C)C(C)C. The Hall–Kier alpha value is -9.21. The fourth-order valence-corrected chi connectivity index (χ4v) is 13.8. The summed E-state index contributed by atoms with van der Waals surface area (Å²) in [7, 11) is 9.91. The Morgan fingerprint density at radius 3 is 1.54 bits per heavy atom. The van der Waals surface area contributed by atoms with Crippen LogP contribution in [-0.4, -0.2) is 379 Å². The molecule has 1 aliphatic rings. The van der Waals surface area contributed by atoms with Crippen molar-refractivity contribution in [2.75, 3.05) is 227 Å². The highest BCUT2D eigenvalue weighted by molar-refractivity contribution is 5.94. The molecule has 0 aromatic heterocycles. The van der Waals surface area contributed by atoms with Crippen LogP contribution in [0.25, 0.3) is 0 Å². The third-order valence-electron chi connectivity index (χ3n) is 21.1. The summed E-state index contributed by atoms with van der Waals surface area (Å²) in [5.74, 6) is -10.5. The Balaban J connectivity index is 1.97. The molecule has 754 valence electrons. The fraction of sp³-hybridized carbons (Fsp3) is 0.767. The van der Waals surface area contributed by atoms with E-state index in [4.69, 9.17) is 61.6 Å². The molecule has 11 N–H and O–H groups in total. The molecule has 1 fully saturated rings. The van der Waals surface area contributed by atoms with Crippen molar-refractivity contribution in [1.82, 2.24) is 73.2 Å². The van der Waals surface area contributed by atoms with E-state index < -0.39 is 165 Å². The standard InChI is InChI=1S/C90H156N14O28/c1-18-63(6)81(103(14)87(117)79(61(2)3)101-86(116)80(62(4)5)102(12)13)71(121-16)54-78(112)104-34-22-26-70(104)82(122-17)64(7)83(113)100-69(52-66-24-20-19-21-25-66)85(115)92-30-23-35-131-88(118)65(8)99-74(108)28-32-94-89(119)132-59-67(84(114)93-33-37-123-40-41-125-44-45-127-48-49-129-51-50-128-47-46-126-43-42-124-39-38-120-15)53-68(105)55-95-75(109)57-97-77(111)58-98-76(110)56-96-72(106)27-31-91-73(107)29-36-130-60-90(9,10)11/h19-21,24-25,61-65,67,69-71,79-82H,18,22-23,26-60H2,1-17H3,(H,91,107)(H,92,115)(H,93,114)(H,94,119)(H,95,109)(H,96,106)(H,97,111)(H,98,110)(H,99,108)(H,100,113)(H,101,116)/t63-,64+,65-,67-,69-,70-,71+,79-,80-,81-,82+/m0/s1. The molecule has 0 bridgehead atoms. The molecule has 42 heteroatoms. The zero-order valence-electron chi connectivity index (χ0n) is 81.0. The second-order valence-electron chi connectivity index (χ2n) is 34.2. The third kappa shape index (κ3) is 52.4. The number of likely N-dealkylation sites (N-methyl/N-ethyl adjacent to an activating group) is 2. The first-order chi connectivity index (χ1) is 62.9. The van der Waals surface area contributed by atoms with Crippen molar-refractivity contribution in [3.8, 4) is 0 Å². The van der Waals surface area contributed by atoms with Crippen LogP contribution in [0.15, 0.2) is 30.3 Å². The predicted octanol–water partition coefficient (Wildman–Crippen LogP) is -0.0902. The molecular formula is C90H156N14O28. The summed E-state index contributed by atoms with van der Waals surface area (Å²) in [6.07, 6.45) is -1.60. The van der Waals surface area contributed by atoms with E-state index >= 15 is 0 Å². The van der Waals surface area contributed by atoms with Gasteiger partial charge in [0.1, 0.15) is 24.7 Å². The highest BCUT2D eigenvalue weighted by Crippen LogP contribution is 2.30. The van der Waals surface area contributed by atoms with Gasteiger partial charge in [-0.3, -0.25) is 67.2 Å². The summed E-state index contributed by atoms with van der Waals surface area (Å²) in [4.78, 5) is 204. The molecule has 1 aromatic carbocycles. The number of esters is 1. The van der Waals surface area contributed by atoms with Crippen molar-refractivity contribution < 1.29 is 133 Å². The second-order valence-corrected chi connectivity index (χ2v) is 34.2. The van der Waals surface area contributed by atoms with Crippen LogP contribution in [0.5, 0.6) is 0 Å². The van der Waals surface area contributed by atoms with E-state index in [1.807, 2.05) is 99.5 Å². The average Bonchev–Trinajstić information content (AvgIpc) is 1.46. The number of Topliss-reactive ketones (excluding diaryl/α,β-unsaturated/α-hetero) is 1. The number of carbonyl (C=O) groups is 15. The first-order valence-electron chi connectivity index (χ1n) is 45.7. The molecule has 0 aliphatic carbocycles. The van der Waals surface area contributed by atoms with E-state index in [1.165, 1.54) is 21.1 Å². The highest BCUT2D eigenvalue weighted by Gasteiger charge is 2.44. The van der Waals surface area contributed by atoms with Crippen LogP contribution < -0.4 is 58.5 Å². The van der Waals surface area contributed by atoms with Crippen molar-refractivity contribution in [2.24, 2.45) is 35.0 Å². The summed E-state index contributed by atoms with van der Waals surface area (Å²) in [6, 6.07) is 4.38. The van der Waals surface area contributed by atoms with Gasteiger partial charge in [-0.15, -0.1) is 0 Å². The Kier molecular flexibility index (Phi) is 62.7. The summed E-state index contributed by atoms with van der Waals surface area (Å²) in [6.45, 7) is 23.6. The maximum Gasteiger partial charge on any atom is 0.407 e. The number of ether oxygens (including phenoxy) is 13. The van der Waals surface area contributed by atoms with E-state index in [-0.39, 0.29) is 151 Å². The lowest BCUT2D eigenvalue weighted by Crippen LogP contribution is -2.59. The molecule has 0 radical (unpaired) electrons. The minimum atomic E-state index is -1.30. The summed E-state index contributed by atoms with van der Waals surface area (Å²) in [5.41, 5.74) is 0.695. The number of benzene rings is 1. The molecule has 132 heavy (non-hydrogen) atoms. The van der Waals surface area contributed by atoms with Crippen molar-refractivity contribution in [3.63, 3.8) is 0 Å². The largest absolute Gasteiger partial charge is 0.464 e. The number of alkyl carbamates (subject to hydrolysis) is 1. The van der Waals surface area contributed by atoms with Crippen LogP contribution in [0.1, 0.15) is 140 Å². The number of ketones is 1. The van der Waals surface area contributed by atoms with Crippen LogP contribution in [-0.2, 0) is 135 Å². The number of nitrogens with one attached hydrogen (secondary N) is 11. The van der Waals surface area contributed by atoms with Gasteiger partial charge in [0.15, 0.2) is 5.78 Å². The first-order valence-corrected chi connectivity index (χ1v) is 45.7. The molecule has 0 saturated carbocycles. The van der Waals surface area contributed by atoms with Crippen LogP contribution in [0.3, 0.4) is 0 Å². The second kappa shape index (κ2) is 69.6. The monoisotopic (exact) mass is 1880 g/mol. The zero-order valence-corrected chi connectivity index (χ0v) is 81.0. The van der Waals surface area contributed by atoms with Crippen LogP contribution >= 0.6 is 0 Å². The summed E-state index contributed by atoms with van der Waals surface area (Å²) < 4.78 is 71.6. The molecule has 11 atom stereocenters. The van der Waals surface area contributed by atoms with Crippen LogP contribution in [0.4, 0.5) is 4.79 Å². The molecule has 2 rings (SSSR count). The first kappa shape index (κ1) is 119. The highest BCUT2D eigenvalue weighted by atomic mass is 16.6. The number of hydrogen-bond donors (Lipinski definition) is 11. The van der Waals surface area contributed by atoms with Gasteiger partial charge in [0.25, 0.3) is 0 Å². The Labute approximate surface area is 778 Å². The van der Waals surface area contributed by atoms with E-state index in [0.717, 1.165) is 5.56 Å². The van der Waals surface area contributed by atoms with E-state index in [9.17, 15) is 71.9 Å². The molecule has 1 saturated heterocycles. The van der Waals surface area contributed by atoms with E-state index in [0.29, 0.717) is 105 Å². The minimum absolute atomic E-state index is 0.0115. The normalized spacial score (nSPS) is 14.9. The number of amides is 13. The maximum atomic E-state index is 14.6. The number of hydrogen-bond acceptors (Lipinski definition) is 29. The number of rotatable bonds is 74. The van der Waals surface area contributed by atoms with E-state index in [1.54, 1.807) is 43.0 Å². The number of methoxy groups -OCH3 is 3. The van der Waals surface area contributed by atoms with Gasteiger partial charge in [-0.25, -0.2) is 9.59 Å². The van der Waals surface area contributed by atoms with Crippen molar-refractivity contribution in [1.29, 1.82) is 0 Å². The average molecular weight is 1880 g/mol.